The molecule has 2 N–H and O–H groups in total. The van der Waals surface area contributed by atoms with Crippen molar-refractivity contribution < 1.29 is 5.11 Å². The Kier molecular flexibility index (Phi) is 5.22. The van der Waals surface area contributed by atoms with Crippen molar-refractivity contribution in [1.82, 2.24) is 10.3 Å². The molecule has 0 bridgehead atoms. The van der Waals surface area contributed by atoms with Gasteiger partial charge in [-0.25, -0.2) is 4.98 Å². The SMILES string of the molecule is CCc1nc([C@H](C)NC[C@H](O)CC)cs1. The molecule has 1 aromatic rings. The number of aliphatic hydroxyl groups excluding tert-OH is 1. The zero-order valence-corrected chi connectivity index (χ0v) is 10.5. The van der Waals surface area contributed by atoms with Crippen LogP contribution in [0.25, 0.3) is 0 Å². The normalized spacial score (nSPS) is 15.2. The topological polar surface area (TPSA) is 45.2 Å². The molecule has 3 nitrogen and oxygen atoms in total. The molecule has 0 saturated heterocycles. The summed E-state index contributed by atoms with van der Waals surface area (Å²) in [4.78, 5) is 4.51. The number of nitrogens with zero attached hydrogens (tertiary/aromatic N) is 1. The van der Waals surface area contributed by atoms with Crippen LogP contribution in [0, 0.1) is 0 Å². The monoisotopic (exact) mass is 228 g/mol. The smallest absolute Gasteiger partial charge is 0.0926 e. The van der Waals surface area contributed by atoms with Gasteiger partial charge >= 0.3 is 0 Å². The zero-order valence-electron chi connectivity index (χ0n) is 9.66. The first-order chi connectivity index (χ1) is 7.17. The van der Waals surface area contributed by atoms with Crippen LogP contribution >= 0.6 is 11.3 Å². The van der Waals surface area contributed by atoms with Gasteiger partial charge in [0.25, 0.3) is 0 Å². The Morgan fingerprint density at radius 3 is 2.80 bits per heavy atom. The predicted octanol–water partition coefficient (Wildman–Crippen LogP) is 2.13. The number of hydrogen-bond acceptors (Lipinski definition) is 4. The third-order valence-corrected chi connectivity index (χ3v) is 3.46. The fourth-order valence-corrected chi connectivity index (χ4v) is 2.09. The molecule has 15 heavy (non-hydrogen) atoms. The lowest BCUT2D eigenvalue weighted by atomic mass is 10.2. The molecule has 0 radical (unpaired) electrons. The van der Waals surface area contributed by atoms with Crippen molar-refractivity contribution in [1.29, 1.82) is 0 Å². The van der Waals surface area contributed by atoms with Gasteiger partial charge in [0.2, 0.25) is 0 Å². The largest absolute Gasteiger partial charge is 0.392 e. The lowest BCUT2D eigenvalue weighted by molar-refractivity contribution is 0.163. The lowest BCUT2D eigenvalue weighted by Crippen LogP contribution is -2.28. The minimum absolute atomic E-state index is 0.225. The van der Waals surface area contributed by atoms with Crippen molar-refractivity contribution in [3.8, 4) is 0 Å². The van der Waals surface area contributed by atoms with E-state index in [1.165, 1.54) is 5.01 Å². The summed E-state index contributed by atoms with van der Waals surface area (Å²) in [6, 6.07) is 0.225. The average Bonchev–Trinajstić information content (AvgIpc) is 2.73. The quantitative estimate of drug-likeness (QED) is 0.784. The summed E-state index contributed by atoms with van der Waals surface area (Å²) in [6.45, 7) is 6.81. The van der Waals surface area contributed by atoms with Crippen molar-refractivity contribution in [3.63, 3.8) is 0 Å². The minimum atomic E-state index is -0.253. The molecular formula is C11H20N2OS. The summed E-state index contributed by atoms with van der Waals surface area (Å²) in [5, 5.41) is 16.0. The van der Waals surface area contributed by atoms with Crippen LogP contribution in [0.1, 0.15) is 43.9 Å². The van der Waals surface area contributed by atoms with Gasteiger partial charge in [-0.3, -0.25) is 0 Å². The van der Waals surface area contributed by atoms with Gasteiger partial charge in [-0.05, 0) is 19.8 Å². The molecule has 0 unspecified atom stereocenters. The van der Waals surface area contributed by atoms with E-state index in [0.29, 0.717) is 6.54 Å². The second-order valence-corrected chi connectivity index (χ2v) is 4.65. The van der Waals surface area contributed by atoms with Gasteiger partial charge in [-0.2, -0.15) is 0 Å². The van der Waals surface area contributed by atoms with E-state index in [-0.39, 0.29) is 12.1 Å². The molecule has 0 saturated carbocycles. The third kappa shape index (κ3) is 3.89. The molecular weight excluding hydrogens is 208 g/mol. The second-order valence-electron chi connectivity index (χ2n) is 3.71. The van der Waals surface area contributed by atoms with Gasteiger partial charge in [0.15, 0.2) is 0 Å². The average molecular weight is 228 g/mol. The Labute approximate surface area is 95.6 Å². The van der Waals surface area contributed by atoms with E-state index in [9.17, 15) is 5.11 Å². The summed E-state index contributed by atoms with van der Waals surface area (Å²) < 4.78 is 0. The van der Waals surface area contributed by atoms with Crippen LogP contribution in [0.3, 0.4) is 0 Å². The number of aliphatic hydroxyl groups is 1. The van der Waals surface area contributed by atoms with Crippen LogP contribution in [0.5, 0.6) is 0 Å². The Balaban J connectivity index is 2.42. The van der Waals surface area contributed by atoms with Crippen molar-refractivity contribution >= 4 is 11.3 Å². The maximum atomic E-state index is 9.42. The number of hydrogen-bond donors (Lipinski definition) is 2. The highest BCUT2D eigenvalue weighted by Gasteiger charge is 2.10. The number of aryl methyl sites for hydroxylation is 1. The molecule has 86 valence electrons. The van der Waals surface area contributed by atoms with E-state index < -0.39 is 0 Å². The zero-order chi connectivity index (χ0) is 11.3. The Hall–Kier alpha value is -0.450. The molecule has 0 aromatic carbocycles. The first-order valence-corrected chi connectivity index (χ1v) is 6.41. The van der Waals surface area contributed by atoms with Crippen LogP contribution < -0.4 is 5.32 Å². The third-order valence-electron chi connectivity index (χ3n) is 2.45. The predicted molar refractivity (Wildman–Crippen MR) is 64.2 cm³/mol. The van der Waals surface area contributed by atoms with Crippen LogP contribution in [0.2, 0.25) is 0 Å². The Morgan fingerprint density at radius 2 is 2.27 bits per heavy atom. The van der Waals surface area contributed by atoms with E-state index in [1.54, 1.807) is 11.3 Å². The molecule has 1 heterocycles. The number of nitrogens with one attached hydrogen (secondary N) is 1. The molecule has 1 rings (SSSR count). The first kappa shape index (κ1) is 12.6. The summed E-state index contributed by atoms with van der Waals surface area (Å²) in [6.07, 6.45) is 1.53. The molecule has 0 amide bonds. The van der Waals surface area contributed by atoms with Crippen LogP contribution in [-0.2, 0) is 6.42 Å². The fraction of sp³-hybridized carbons (Fsp3) is 0.727. The van der Waals surface area contributed by atoms with Crippen molar-refractivity contribution in [2.24, 2.45) is 0 Å². The van der Waals surface area contributed by atoms with Crippen molar-refractivity contribution in [2.45, 2.75) is 45.8 Å². The summed E-state index contributed by atoms with van der Waals surface area (Å²) in [5.41, 5.74) is 1.08. The van der Waals surface area contributed by atoms with Gasteiger partial charge in [-0.15, -0.1) is 11.3 Å². The molecule has 2 atom stereocenters. The standard InChI is InChI=1S/C11H20N2OS/c1-4-9(14)6-12-8(3)10-7-15-11(5-2)13-10/h7-9,12,14H,4-6H2,1-3H3/t8-,9+/m0/s1. The molecule has 0 fully saturated rings. The number of thiazole rings is 1. The van der Waals surface area contributed by atoms with E-state index in [1.807, 2.05) is 6.92 Å². The fourth-order valence-electron chi connectivity index (χ4n) is 1.25. The highest BCUT2D eigenvalue weighted by atomic mass is 32.1. The van der Waals surface area contributed by atoms with Gasteiger partial charge in [-0.1, -0.05) is 13.8 Å². The van der Waals surface area contributed by atoms with E-state index in [2.05, 4.69) is 29.5 Å². The second kappa shape index (κ2) is 6.20. The first-order valence-electron chi connectivity index (χ1n) is 5.53. The van der Waals surface area contributed by atoms with Crippen LogP contribution in [0.4, 0.5) is 0 Å². The van der Waals surface area contributed by atoms with Crippen LogP contribution in [0.15, 0.2) is 5.38 Å². The Bertz CT molecular complexity index is 288. The number of rotatable bonds is 6. The van der Waals surface area contributed by atoms with E-state index in [0.717, 1.165) is 18.5 Å². The van der Waals surface area contributed by atoms with Crippen molar-refractivity contribution in [2.75, 3.05) is 6.54 Å². The van der Waals surface area contributed by atoms with Gasteiger partial charge in [0.05, 0.1) is 16.8 Å². The summed E-state index contributed by atoms with van der Waals surface area (Å²) in [5.74, 6) is 0. The molecule has 0 aliphatic carbocycles. The van der Waals surface area contributed by atoms with E-state index >= 15 is 0 Å². The van der Waals surface area contributed by atoms with Gasteiger partial charge < -0.3 is 10.4 Å². The lowest BCUT2D eigenvalue weighted by Gasteiger charge is -2.14. The van der Waals surface area contributed by atoms with Gasteiger partial charge in [0, 0.05) is 18.0 Å². The minimum Gasteiger partial charge on any atom is -0.392 e. The highest BCUT2D eigenvalue weighted by Crippen LogP contribution is 2.16. The summed E-state index contributed by atoms with van der Waals surface area (Å²) in [7, 11) is 0. The van der Waals surface area contributed by atoms with E-state index in [4.69, 9.17) is 0 Å². The maximum Gasteiger partial charge on any atom is 0.0926 e. The summed E-state index contributed by atoms with van der Waals surface area (Å²) >= 11 is 1.70. The van der Waals surface area contributed by atoms with Crippen LogP contribution in [-0.4, -0.2) is 22.7 Å². The van der Waals surface area contributed by atoms with Gasteiger partial charge in [0.1, 0.15) is 0 Å². The molecule has 0 aliphatic rings. The molecule has 0 aliphatic heterocycles. The number of aromatic nitrogens is 1. The molecule has 4 heteroatoms. The van der Waals surface area contributed by atoms with Crippen molar-refractivity contribution in [3.05, 3.63) is 16.1 Å². The molecule has 0 spiro atoms. The highest BCUT2D eigenvalue weighted by molar-refractivity contribution is 7.09. The molecule has 1 aromatic heterocycles. The Morgan fingerprint density at radius 1 is 1.53 bits per heavy atom. The maximum absolute atomic E-state index is 9.42.